The smallest absolute Gasteiger partial charge is 0.272 e. The number of carbonyl (C=O) groups excluding carboxylic acids is 1. The Hall–Kier alpha value is -2.63. The number of nitrogens with one attached hydrogen (secondary N) is 1. The van der Waals surface area contributed by atoms with Crippen molar-refractivity contribution in [1.82, 2.24) is 10.4 Å². The maximum Gasteiger partial charge on any atom is 0.272 e. The van der Waals surface area contributed by atoms with Gasteiger partial charge in [-0.25, -0.2) is 5.43 Å². The molecule has 3 rings (SSSR count). The standard InChI is InChI=1S/C17H11Cl2N3O2/c18-12-3-5-14(15(19)8-12)16-6-4-13(24-16)10-21-22-17(23)11-2-1-7-20-9-11/h1-10H,(H,22,23). The molecule has 5 nitrogen and oxygen atoms in total. The van der Waals surface area contributed by atoms with E-state index in [1.165, 1.54) is 12.4 Å². The molecule has 0 atom stereocenters. The average molecular weight is 360 g/mol. The van der Waals surface area contributed by atoms with Gasteiger partial charge in [-0.2, -0.15) is 5.10 Å². The summed E-state index contributed by atoms with van der Waals surface area (Å²) in [5.41, 5.74) is 3.54. The number of pyridine rings is 1. The van der Waals surface area contributed by atoms with Crippen LogP contribution in [0.4, 0.5) is 0 Å². The maximum absolute atomic E-state index is 11.8. The van der Waals surface area contributed by atoms with E-state index in [1.807, 2.05) is 0 Å². The monoisotopic (exact) mass is 359 g/mol. The van der Waals surface area contributed by atoms with E-state index in [1.54, 1.807) is 48.7 Å². The molecule has 1 amide bonds. The van der Waals surface area contributed by atoms with Crippen LogP contribution in [0.15, 0.2) is 64.4 Å². The third-order valence-electron chi connectivity index (χ3n) is 3.10. The molecule has 7 heteroatoms. The number of rotatable bonds is 4. The Morgan fingerprint density at radius 2 is 2.08 bits per heavy atom. The fourth-order valence-corrected chi connectivity index (χ4v) is 2.47. The fraction of sp³-hybridized carbons (Fsp3) is 0. The van der Waals surface area contributed by atoms with Gasteiger partial charge in [0.25, 0.3) is 5.91 Å². The molecule has 0 aliphatic carbocycles. The molecule has 3 aromatic rings. The molecule has 0 spiro atoms. The molecule has 0 aliphatic heterocycles. The lowest BCUT2D eigenvalue weighted by Gasteiger charge is -2.00. The van der Waals surface area contributed by atoms with Gasteiger partial charge in [-0.15, -0.1) is 0 Å². The molecule has 1 aromatic carbocycles. The van der Waals surface area contributed by atoms with Gasteiger partial charge < -0.3 is 4.42 Å². The van der Waals surface area contributed by atoms with Crippen molar-refractivity contribution in [1.29, 1.82) is 0 Å². The molecular weight excluding hydrogens is 349 g/mol. The van der Waals surface area contributed by atoms with Crippen molar-refractivity contribution in [3.05, 3.63) is 76.2 Å². The number of hydrazone groups is 1. The van der Waals surface area contributed by atoms with E-state index in [0.717, 1.165) is 5.56 Å². The van der Waals surface area contributed by atoms with E-state index in [2.05, 4.69) is 15.5 Å². The van der Waals surface area contributed by atoms with Crippen molar-refractivity contribution in [3.8, 4) is 11.3 Å². The highest BCUT2D eigenvalue weighted by atomic mass is 35.5. The molecule has 0 aliphatic rings. The fourth-order valence-electron chi connectivity index (χ4n) is 1.97. The summed E-state index contributed by atoms with van der Waals surface area (Å²) in [6.07, 6.45) is 4.45. The largest absolute Gasteiger partial charge is 0.455 e. The van der Waals surface area contributed by atoms with Gasteiger partial charge in [-0.1, -0.05) is 23.2 Å². The number of halogens is 2. The van der Waals surface area contributed by atoms with Crippen LogP contribution in [0.5, 0.6) is 0 Å². The van der Waals surface area contributed by atoms with Crippen molar-refractivity contribution >= 4 is 35.3 Å². The van der Waals surface area contributed by atoms with Crippen molar-refractivity contribution < 1.29 is 9.21 Å². The van der Waals surface area contributed by atoms with Crippen LogP contribution in [0.1, 0.15) is 16.1 Å². The molecule has 0 saturated carbocycles. The average Bonchev–Trinajstić information content (AvgIpc) is 3.04. The van der Waals surface area contributed by atoms with Crippen molar-refractivity contribution in [2.45, 2.75) is 0 Å². The molecule has 1 N–H and O–H groups in total. The van der Waals surface area contributed by atoms with Crippen LogP contribution in [0.2, 0.25) is 10.0 Å². The molecular formula is C17H11Cl2N3O2. The van der Waals surface area contributed by atoms with Gasteiger partial charge in [-0.3, -0.25) is 9.78 Å². The van der Waals surface area contributed by atoms with Gasteiger partial charge in [-0.05, 0) is 42.5 Å². The lowest BCUT2D eigenvalue weighted by atomic mass is 10.2. The van der Waals surface area contributed by atoms with Crippen molar-refractivity contribution in [2.75, 3.05) is 0 Å². The molecule has 0 unspecified atom stereocenters. The second kappa shape index (κ2) is 7.29. The van der Waals surface area contributed by atoms with Crippen LogP contribution in [-0.4, -0.2) is 17.1 Å². The number of furan rings is 1. The van der Waals surface area contributed by atoms with E-state index in [-0.39, 0.29) is 5.91 Å². The predicted octanol–water partition coefficient (Wildman–Crippen LogP) is 4.41. The van der Waals surface area contributed by atoms with Gasteiger partial charge in [0.05, 0.1) is 16.8 Å². The van der Waals surface area contributed by atoms with E-state index in [4.69, 9.17) is 27.6 Å². The van der Waals surface area contributed by atoms with Gasteiger partial charge >= 0.3 is 0 Å². The summed E-state index contributed by atoms with van der Waals surface area (Å²) in [6, 6.07) is 11.9. The van der Waals surface area contributed by atoms with E-state index >= 15 is 0 Å². The summed E-state index contributed by atoms with van der Waals surface area (Å²) in [4.78, 5) is 15.7. The predicted molar refractivity (Wildman–Crippen MR) is 93.5 cm³/mol. The maximum atomic E-state index is 11.8. The molecule has 2 heterocycles. The van der Waals surface area contributed by atoms with E-state index in [0.29, 0.717) is 27.1 Å². The minimum atomic E-state index is -0.355. The van der Waals surface area contributed by atoms with Crippen LogP contribution in [0.25, 0.3) is 11.3 Å². The zero-order valence-corrected chi connectivity index (χ0v) is 13.8. The quantitative estimate of drug-likeness (QED) is 0.554. The second-order valence-corrected chi connectivity index (χ2v) is 5.61. The lowest BCUT2D eigenvalue weighted by molar-refractivity contribution is 0.0955. The number of nitrogens with zero attached hydrogens (tertiary/aromatic N) is 2. The summed E-state index contributed by atoms with van der Waals surface area (Å²) >= 11 is 12.0. The third-order valence-corrected chi connectivity index (χ3v) is 3.65. The van der Waals surface area contributed by atoms with Crippen LogP contribution >= 0.6 is 23.2 Å². The first-order chi connectivity index (χ1) is 11.6. The number of amides is 1. The third kappa shape index (κ3) is 3.82. The second-order valence-electron chi connectivity index (χ2n) is 4.77. The molecule has 0 radical (unpaired) electrons. The Morgan fingerprint density at radius 3 is 2.83 bits per heavy atom. The highest BCUT2D eigenvalue weighted by Crippen LogP contribution is 2.31. The number of carbonyl (C=O) groups is 1. The molecule has 0 saturated heterocycles. The first kappa shape index (κ1) is 16.2. The van der Waals surface area contributed by atoms with Gasteiger partial charge in [0.2, 0.25) is 0 Å². The highest BCUT2D eigenvalue weighted by molar-refractivity contribution is 6.36. The number of benzene rings is 1. The normalized spacial score (nSPS) is 10.9. The molecule has 0 fully saturated rings. The minimum absolute atomic E-state index is 0.355. The Balaban J connectivity index is 1.69. The summed E-state index contributed by atoms with van der Waals surface area (Å²) in [7, 11) is 0. The highest BCUT2D eigenvalue weighted by Gasteiger charge is 2.08. The van der Waals surface area contributed by atoms with Crippen LogP contribution in [0, 0.1) is 0 Å². The Labute approximate surface area is 147 Å². The van der Waals surface area contributed by atoms with Crippen molar-refractivity contribution in [3.63, 3.8) is 0 Å². The first-order valence-electron chi connectivity index (χ1n) is 6.92. The summed E-state index contributed by atoms with van der Waals surface area (Å²) in [6.45, 7) is 0. The Bertz CT molecular complexity index is 892. The zero-order valence-electron chi connectivity index (χ0n) is 12.2. The lowest BCUT2D eigenvalue weighted by Crippen LogP contribution is -2.17. The molecule has 0 bridgehead atoms. The molecule has 24 heavy (non-hydrogen) atoms. The van der Waals surface area contributed by atoms with Gasteiger partial charge in [0.1, 0.15) is 11.5 Å². The zero-order chi connectivity index (χ0) is 16.9. The van der Waals surface area contributed by atoms with E-state index < -0.39 is 0 Å². The number of hydrogen-bond donors (Lipinski definition) is 1. The van der Waals surface area contributed by atoms with Gasteiger partial charge in [0, 0.05) is 23.0 Å². The van der Waals surface area contributed by atoms with Gasteiger partial charge in [0.15, 0.2) is 0 Å². The van der Waals surface area contributed by atoms with Crippen LogP contribution < -0.4 is 5.43 Å². The number of aromatic nitrogens is 1. The number of hydrogen-bond acceptors (Lipinski definition) is 4. The topological polar surface area (TPSA) is 67.5 Å². The van der Waals surface area contributed by atoms with E-state index in [9.17, 15) is 4.79 Å². The molecule has 2 aromatic heterocycles. The van der Waals surface area contributed by atoms with Crippen molar-refractivity contribution in [2.24, 2.45) is 5.10 Å². The summed E-state index contributed by atoms with van der Waals surface area (Å²) < 4.78 is 5.64. The first-order valence-corrected chi connectivity index (χ1v) is 7.68. The van der Waals surface area contributed by atoms with Crippen LogP contribution in [0.3, 0.4) is 0 Å². The minimum Gasteiger partial charge on any atom is -0.455 e. The summed E-state index contributed by atoms with van der Waals surface area (Å²) in [5, 5.41) is 4.90. The Kier molecular flexibility index (Phi) is 4.93. The van der Waals surface area contributed by atoms with Crippen LogP contribution in [-0.2, 0) is 0 Å². The molecule has 120 valence electrons. The summed E-state index contributed by atoms with van der Waals surface area (Å²) in [5.74, 6) is 0.700. The Morgan fingerprint density at radius 1 is 1.21 bits per heavy atom. The SMILES string of the molecule is O=C(NN=Cc1ccc(-c2ccc(Cl)cc2Cl)o1)c1cccnc1.